The third kappa shape index (κ3) is 3.78. The van der Waals surface area contributed by atoms with Crippen LogP contribution in [-0.2, 0) is 11.0 Å². The van der Waals surface area contributed by atoms with Crippen LogP contribution in [0.1, 0.15) is 27.3 Å². The van der Waals surface area contributed by atoms with Gasteiger partial charge >= 0.3 is 6.18 Å². The van der Waals surface area contributed by atoms with Crippen molar-refractivity contribution in [2.24, 2.45) is 0 Å². The van der Waals surface area contributed by atoms with Crippen LogP contribution in [0.25, 0.3) is 5.69 Å². The lowest BCUT2D eigenvalue weighted by Gasteiger charge is -2.10. The van der Waals surface area contributed by atoms with Crippen molar-refractivity contribution < 1.29 is 22.8 Å². The monoisotopic (exact) mass is 388 g/mol. The lowest BCUT2D eigenvalue weighted by molar-refractivity contribution is -0.137. The minimum absolute atomic E-state index is 0.0332. The van der Waals surface area contributed by atoms with Gasteiger partial charge in [-0.3, -0.25) is 9.59 Å². The van der Waals surface area contributed by atoms with E-state index in [1.807, 2.05) is 0 Å². The van der Waals surface area contributed by atoms with E-state index >= 15 is 0 Å². The van der Waals surface area contributed by atoms with Crippen LogP contribution in [0.2, 0.25) is 0 Å². The number of pyridine rings is 1. The molecule has 0 aliphatic carbocycles. The van der Waals surface area contributed by atoms with Crippen molar-refractivity contribution in [2.45, 2.75) is 20.0 Å². The average Bonchev–Trinajstić information content (AvgIpc) is 2.95. The summed E-state index contributed by atoms with van der Waals surface area (Å²) in [4.78, 5) is 28.8. The van der Waals surface area contributed by atoms with Gasteiger partial charge in [-0.2, -0.15) is 18.3 Å². The van der Waals surface area contributed by atoms with Crippen LogP contribution < -0.4 is 5.32 Å². The second-order valence-electron chi connectivity index (χ2n) is 6.00. The molecule has 3 rings (SSSR count). The molecule has 0 bridgehead atoms. The van der Waals surface area contributed by atoms with Gasteiger partial charge < -0.3 is 5.32 Å². The molecule has 0 spiro atoms. The summed E-state index contributed by atoms with van der Waals surface area (Å²) in [7, 11) is 0. The molecule has 0 aliphatic heterocycles. The molecule has 3 aromatic rings. The Labute approximate surface area is 158 Å². The molecule has 2 heterocycles. The number of aryl methyl sites for hydroxylation is 1. The van der Waals surface area contributed by atoms with E-state index in [2.05, 4.69) is 15.4 Å². The van der Waals surface area contributed by atoms with E-state index in [-0.39, 0.29) is 28.5 Å². The first kappa shape index (κ1) is 19.3. The number of Topliss-reactive ketones (excluding diaryl/α,β-unsaturated/α-hetero) is 1. The fourth-order valence-corrected chi connectivity index (χ4v) is 2.76. The number of hydrogen-bond acceptors (Lipinski definition) is 4. The summed E-state index contributed by atoms with van der Waals surface area (Å²) in [6.07, 6.45) is -3.05. The van der Waals surface area contributed by atoms with Gasteiger partial charge in [0.1, 0.15) is 5.82 Å². The number of anilines is 1. The van der Waals surface area contributed by atoms with E-state index in [0.29, 0.717) is 0 Å². The quantitative estimate of drug-likeness (QED) is 0.546. The number of halogens is 3. The Hall–Kier alpha value is -3.49. The summed E-state index contributed by atoms with van der Waals surface area (Å²) in [5, 5.41) is 6.53. The maximum absolute atomic E-state index is 13.0. The molecule has 9 heteroatoms. The number of carbonyl (C=O) groups excluding carboxylic acids is 2. The minimum atomic E-state index is -4.51. The van der Waals surface area contributed by atoms with Gasteiger partial charge in [0.25, 0.3) is 11.7 Å². The molecule has 0 radical (unpaired) electrons. The Morgan fingerprint density at radius 3 is 2.46 bits per heavy atom. The Bertz CT molecular complexity index is 1040. The van der Waals surface area contributed by atoms with E-state index in [1.165, 1.54) is 42.9 Å². The maximum atomic E-state index is 13.0. The van der Waals surface area contributed by atoms with Crippen molar-refractivity contribution >= 4 is 17.5 Å². The summed E-state index contributed by atoms with van der Waals surface area (Å²) in [5.74, 6) is -1.55. The fraction of sp³-hybridized carbons (Fsp3) is 0.158. The number of amides is 1. The molecule has 1 N–H and O–H groups in total. The molecule has 0 unspecified atom stereocenters. The highest BCUT2D eigenvalue weighted by Crippen LogP contribution is 2.31. The van der Waals surface area contributed by atoms with Crippen molar-refractivity contribution in [3.05, 3.63) is 71.2 Å². The molecular weight excluding hydrogens is 373 g/mol. The van der Waals surface area contributed by atoms with Gasteiger partial charge in [0.2, 0.25) is 0 Å². The molecule has 0 saturated heterocycles. The molecule has 1 amide bonds. The summed E-state index contributed by atoms with van der Waals surface area (Å²) >= 11 is 0. The number of alkyl halides is 3. The van der Waals surface area contributed by atoms with Crippen LogP contribution in [0, 0.1) is 13.8 Å². The van der Waals surface area contributed by atoms with Crippen molar-refractivity contribution in [1.29, 1.82) is 0 Å². The highest BCUT2D eigenvalue weighted by atomic mass is 19.4. The third-order valence-electron chi connectivity index (χ3n) is 4.05. The second-order valence-corrected chi connectivity index (χ2v) is 6.00. The fourth-order valence-electron chi connectivity index (χ4n) is 2.76. The predicted octanol–water partition coefficient (Wildman–Crippen LogP) is 3.72. The molecule has 0 aliphatic rings. The van der Waals surface area contributed by atoms with E-state index in [9.17, 15) is 22.8 Å². The molecule has 2 aromatic heterocycles. The zero-order chi connectivity index (χ0) is 20.5. The number of benzene rings is 1. The van der Waals surface area contributed by atoms with Gasteiger partial charge in [-0.15, -0.1) is 0 Å². The minimum Gasteiger partial charge on any atom is -0.304 e. The van der Waals surface area contributed by atoms with Gasteiger partial charge in [-0.25, -0.2) is 9.67 Å². The summed E-state index contributed by atoms with van der Waals surface area (Å²) in [6.45, 7) is 3.03. The molecule has 0 atom stereocenters. The van der Waals surface area contributed by atoms with Gasteiger partial charge in [0.05, 0.1) is 28.2 Å². The van der Waals surface area contributed by atoms with Crippen molar-refractivity contribution in [3.8, 4) is 5.69 Å². The number of ketones is 1. The number of rotatable bonds is 4. The Balaban J connectivity index is 1.94. The molecular formula is C19H15F3N4O2. The SMILES string of the molecule is Cc1nn(-c2cccc(C(F)(F)F)c2)c(C)c1C(=O)C(=O)Nc1ccccn1. The summed E-state index contributed by atoms with van der Waals surface area (Å²) in [6, 6.07) is 9.40. The number of carbonyl (C=O) groups is 2. The highest BCUT2D eigenvalue weighted by Gasteiger charge is 2.31. The topological polar surface area (TPSA) is 76.9 Å². The van der Waals surface area contributed by atoms with Gasteiger partial charge in [0, 0.05) is 6.20 Å². The van der Waals surface area contributed by atoms with Crippen molar-refractivity contribution in [3.63, 3.8) is 0 Å². The van der Waals surface area contributed by atoms with Crippen molar-refractivity contribution in [1.82, 2.24) is 14.8 Å². The van der Waals surface area contributed by atoms with E-state index in [4.69, 9.17) is 0 Å². The predicted molar refractivity (Wildman–Crippen MR) is 95.2 cm³/mol. The zero-order valence-electron chi connectivity index (χ0n) is 14.9. The van der Waals surface area contributed by atoms with Gasteiger partial charge in [-0.05, 0) is 44.2 Å². The normalized spacial score (nSPS) is 11.3. The van der Waals surface area contributed by atoms with Gasteiger partial charge in [0.15, 0.2) is 0 Å². The van der Waals surface area contributed by atoms with Crippen LogP contribution in [0.15, 0.2) is 48.7 Å². The van der Waals surface area contributed by atoms with Crippen LogP contribution >= 0.6 is 0 Å². The van der Waals surface area contributed by atoms with Gasteiger partial charge in [-0.1, -0.05) is 12.1 Å². The zero-order valence-corrected chi connectivity index (χ0v) is 14.9. The number of nitrogens with one attached hydrogen (secondary N) is 1. The third-order valence-corrected chi connectivity index (χ3v) is 4.05. The van der Waals surface area contributed by atoms with Crippen LogP contribution in [0.4, 0.5) is 19.0 Å². The largest absolute Gasteiger partial charge is 0.416 e. The molecule has 6 nitrogen and oxygen atoms in total. The van der Waals surface area contributed by atoms with Crippen LogP contribution in [0.3, 0.4) is 0 Å². The summed E-state index contributed by atoms with van der Waals surface area (Å²) in [5.41, 5.74) is -0.169. The lowest BCUT2D eigenvalue weighted by atomic mass is 10.1. The van der Waals surface area contributed by atoms with Crippen molar-refractivity contribution in [2.75, 3.05) is 5.32 Å². The van der Waals surface area contributed by atoms with Crippen LogP contribution in [-0.4, -0.2) is 26.5 Å². The molecule has 0 saturated carbocycles. The summed E-state index contributed by atoms with van der Waals surface area (Å²) < 4.78 is 40.1. The second kappa shape index (κ2) is 7.26. The molecule has 28 heavy (non-hydrogen) atoms. The standard InChI is InChI=1S/C19H15F3N4O2/c1-11-16(17(27)18(28)24-15-8-3-4-9-23-15)12(2)26(25-11)14-7-5-6-13(10-14)19(20,21)22/h3-10H,1-2H3,(H,23,24,28). The Morgan fingerprint density at radius 1 is 1.07 bits per heavy atom. The average molecular weight is 388 g/mol. The lowest BCUT2D eigenvalue weighted by Crippen LogP contribution is -2.24. The number of nitrogens with zero attached hydrogens (tertiary/aromatic N) is 3. The molecule has 0 fully saturated rings. The number of aromatic nitrogens is 3. The Kier molecular flexibility index (Phi) is 5.00. The van der Waals surface area contributed by atoms with E-state index in [0.717, 1.165) is 12.1 Å². The molecule has 1 aromatic carbocycles. The maximum Gasteiger partial charge on any atom is 0.416 e. The first-order valence-corrected chi connectivity index (χ1v) is 8.19. The van der Waals surface area contributed by atoms with E-state index < -0.39 is 23.4 Å². The first-order valence-electron chi connectivity index (χ1n) is 8.19. The van der Waals surface area contributed by atoms with E-state index in [1.54, 1.807) is 12.1 Å². The smallest absolute Gasteiger partial charge is 0.304 e. The van der Waals surface area contributed by atoms with Crippen LogP contribution in [0.5, 0.6) is 0 Å². The number of hydrogen-bond donors (Lipinski definition) is 1. The highest BCUT2D eigenvalue weighted by molar-refractivity contribution is 6.47. The Morgan fingerprint density at radius 2 is 1.82 bits per heavy atom. The first-order chi connectivity index (χ1) is 13.2. The molecule has 144 valence electrons.